The molecule has 0 aliphatic rings. The molecule has 0 aliphatic heterocycles. The number of hydrogen-bond acceptors (Lipinski definition) is 3. The Morgan fingerprint density at radius 1 is 1.36 bits per heavy atom. The van der Waals surface area contributed by atoms with Crippen LogP contribution in [0.3, 0.4) is 0 Å². The number of halogens is 2. The quantitative estimate of drug-likeness (QED) is 0.704. The molecular weight excluding hydrogens is 187 g/mol. The molecule has 0 aromatic carbocycles. The SMILES string of the molecule is ONCc1c(Cl)cncc1Cl. The van der Waals surface area contributed by atoms with Crippen LogP contribution in [0.4, 0.5) is 0 Å². The molecule has 0 amide bonds. The van der Waals surface area contributed by atoms with Gasteiger partial charge in [0.2, 0.25) is 0 Å². The van der Waals surface area contributed by atoms with E-state index >= 15 is 0 Å². The fourth-order valence-corrected chi connectivity index (χ4v) is 1.18. The predicted molar refractivity (Wildman–Crippen MR) is 42.9 cm³/mol. The molecule has 2 N–H and O–H groups in total. The van der Waals surface area contributed by atoms with E-state index < -0.39 is 0 Å². The van der Waals surface area contributed by atoms with Gasteiger partial charge < -0.3 is 5.21 Å². The van der Waals surface area contributed by atoms with Crippen LogP contribution in [0, 0.1) is 0 Å². The molecule has 0 saturated carbocycles. The van der Waals surface area contributed by atoms with Crippen molar-refractivity contribution in [1.82, 2.24) is 10.5 Å². The van der Waals surface area contributed by atoms with Crippen LogP contribution in [0.1, 0.15) is 5.56 Å². The number of rotatable bonds is 2. The van der Waals surface area contributed by atoms with E-state index in [-0.39, 0.29) is 6.54 Å². The van der Waals surface area contributed by atoms with Crippen LogP contribution in [0.5, 0.6) is 0 Å². The maximum Gasteiger partial charge on any atom is 0.0650 e. The van der Waals surface area contributed by atoms with Crippen LogP contribution in [0.15, 0.2) is 12.4 Å². The van der Waals surface area contributed by atoms with E-state index in [1.54, 1.807) is 0 Å². The monoisotopic (exact) mass is 192 g/mol. The van der Waals surface area contributed by atoms with Crippen LogP contribution in [-0.4, -0.2) is 10.2 Å². The van der Waals surface area contributed by atoms with Crippen molar-refractivity contribution in [2.75, 3.05) is 0 Å². The van der Waals surface area contributed by atoms with Gasteiger partial charge in [-0.05, 0) is 0 Å². The van der Waals surface area contributed by atoms with Crippen molar-refractivity contribution in [2.45, 2.75) is 6.54 Å². The molecule has 3 nitrogen and oxygen atoms in total. The second-order valence-electron chi connectivity index (χ2n) is 1.92. The highest BCUT2D eigenvalue weighted by atomic mass is 35.5. The summed E-state index contributed by atoms with van der Waals surface area (Å²) in [5.74, 6) is 0. The summed E-state index contributed by atoms with van der Waals surface area (Å²) in [6.07, 6.45) is 2.94. The van der Waals surface area contributed by atoms with E-state index in [1.807, 2.05) is 5.48 Å². The number of hydroxylamine groups is 1. The smallest absolute Gasteiger partial charge is 0.0650 e. The summed E-state index contributed by atoms with van der Waals surface area (Å²) >= 11 is 11.4. The van der Waals surface area contributed by atoms with Gasteiger partial charge in [0.05, 0.1) is 10.0 Å². The van der Waals surface area contributed by atoms with E-state index in [0.29, 0.717) is 15.6 Å². The van der Waals surface area contributed by atoms with Gasteiger partial charge in [0.15, 0.2) is 0 Å². The molecule has 0 bridgehead atoms. The third kappa shape index (κ3) is 2.04. The topological polar surface area (TPSA) is 45.1 Å². The van der Waals surface area contributed by atoms with E-state index in [0.717, 1.165) is 0 Å². The standard InChI is InChI=1S/C6H6Cl2N2O/c7-5-2-9-3-6(8)4(5)1-10-11/h2-3,10-11H,1H2. The molecular formula is C6H6Cl2N2O. The van der Waals surface area contributed by atoms with Gasteiger partial charge in [-0.25, -0.2) is 5.48 Å². The molecule has 0 aliphatic carbocycles. The van der Waals surface area contributed by atoms with Crippen molar-refractivity contribution >= 4 is 23.2 Å². The maximum absolute atomic E-state index is 8.38. The number of nitrogens with one attached hydrogen (secondary N) is 1. The molecule has 0 atom stereocenters. The number of pyridine rings is 1. The summed E-state index contributed by atoms with van der Waals surface area (Å²) in [5.41, 5.74) is 2.61. The van der Waals surface area contributed by atoms with Gasteiger partial charge >= 0.3 is 0 Å². The Balaban J connectivity index is 3.00. The average Bonchev–Trinajstić information content (AvgIpc) is 1.97. The Morgan fingerprint density at radius 3 is 2.36 bits per heavy atom. The van der Waals surface area contributed by atoms with Gasteiger partial charge in [-0.3, -0.25) is 4.98 Å². The minimum atomic E-state index is 0.222. The van der Waals surface area contributed by atoms with Gasteiger partial charge in [-0.1, -0.05) is 23.2 Å². The lowest BCUT2D eigenvalue weighted by atomic mass is 10.3. The lowest BCUT2D eigenvalue weighted by molar-refractivity contribution is 0.161. The zero-order valence-electron chi connectivity index (χ0n) is 5.51. The Bertz CT molecular complexity index is 234. The van der Waals surface area contributed by atoms with Crippen LogP contribution in [-0.2, 0) is 6.54 Å². The molecule has 1 aromatic rings. The Kier molecular flexibility index (Phi) is 3.08. The van der Waals surface area contributed by atoms with Crippen LogP contribution >= 0.6 is 23.2 Å². The predicted octanol–water partition coefficient (Wildman–Crippen LogP) is 1.87. The van der Waals surface area contributed by atoms with Crippen molar-refractivity contribution in [3.63, 3.8) is 0 Å². The molecule has 5 heteroatoms. The first kappa shape index (κ1) is 8.74. The van der Waals surface area contributed by atoms with Gasteiger partial charge in [-0.15, -0.1) is 0 Å². The number of aromatic nitrogens is 1. The summed E-state index contributed by atoms with van der Waals surface area (Å²) < 4.78 is 0. The highest BCUT2D eigenvalue weighted by Gasteiger charge is 2.03. The fourth-order valence-electron chi connectivity index (χ4n) is 0.686. The molecule has 0 unspecified atom stereocenters. The Labute approximate surface area is 73.9 Å². The molecule has 0 radical (unpaired) electrons. The first-order valence-corrected chi connectivity index (χ1v) is 3.66. The third-order valence-electron chi connectivity index (χ3n) is 1.21. The lowest BCUT2D eigenvalue weighted by Crippen LogP contribution is -2.07. The summed E-state index contributed by atoms with van der Waals surface area (Å²) in [4.78, 5) is 3.75. The zero-order valence-corrected chi connectivity index (χ0v) is 7.02. The van der Waals surface area contributed by atoms with Crippen molar-refractivity contribution in [1.29, 1.82) is 0 Å². The number of nitrogens with zero attached hydrogens (tertiary/aromatic N) is 1. The maximum atomic E-state index is 8.38. The van der Waals surface area contributed by atoms with E-state index in [1.165, 1.54) is 12.4 Å². The van der Waals surface area contributed by atoms with Crippen LogP contribution in [0.2, 0.25) is 10.0 Å². The van der Waals surface area contributed by atoms with Gasteiger partial charge in [-0.2, -0.15) is 0 Å². The van der Waals surface area contributed by atoms with Gasteiger partial charge in [0, 0.05) is 24.5 Å². The highest BCUT2D eigenvalue weighted by molar-refractivity contribution is 6.35. The van der Waals surface area contributed by atoms with E-state index in [2.05, 4.69) is 4.98 Å². The average molecular weight is 193 g/mol. The van der Waals surface area contributed by atoms with Crippen molar-refractivity contribution in [2.24, 2.45) is 0 Å². The van der Waals surface area contributed by atoms with Crippen LogP contribution < -0.4 is 5.48 Å². The summed E-state index contributed by atoms with van der Waals surface area (Å²) in [6.45, 7) is 0.222. The second kappa shape index (κ2) is 3.88. The molecule has 1 aromatic heterocycles. The Morgan fingerprint density at radius 2 is 1.91 bits per heavy atom. The van der Waals surface area contributed by atoms with E-state index in [4.69, 9.17) is 28.4 Å². The van der Waals surface area contributed by atoms with Gasteiger partial charge in [0.25, 0.3) is 0 Å². The zero-order chi connectivity index (χ0) is 8.27. The molecule has 1 rings (SSSR count). The first-order valence-electron chi connectivity index (χ1n) is 2.90. The van der Waals surface area contributed by atoms with Crippen molar-refractivity contribution < 1.29 is 5.21 Å². The normalized spacial score (nSPS) is 10.1. The summed E-state index contributed by atoms with van der Waals surface area (Å²) in [6, 6.07) is 0. The fraction of sp³-hybridized carbons (Fsp3) is 0.167. The number of hydrogen-bond donors (Lipinski definition) is 2. The molecule has 1 heterocycles. The lowest BCUT2D eigenvalue weighted by Gasteiger charge is -2.02. The minimum absolute atomic E-state index is 0.222. The Hall–Kier alpha value is -0.350. The molecule has 11 heavy (non-hydrogen) atoms. The van der Waals surface area contributed by atoms with Crippen LogP contribution in [0.25, 0.3) is 0 Å². The minimum Gasteiger partial charge on any atom is -0.316 e. The molecule has 0 saturated heterocycles. The van der Waals surface area contributed by atoms with Crippen molar-refractivity contribution in [3.05, 3.63) is 28.0 Å². The molecule has 0 fully saturated rings. The largest absolute Gasteiger partial charge is 0.316 e. The third-order valence-corrected chi connectivity index (χ3v) is 1.86. The summed E-state index contributed by atoms with van der Waals surface area (Å²) in [7, 11) is 0. The first-order chi connectivity index (χ1) is 5.25. The van der Waals surface area contributed by atoms with Gasteiger partial charge in [0.1, 0.15) is 0 Å². The second-order valence-corrected chi connectivity index (χ2v) is 2.73. The summed E-state index contributed by atoms with van der Waals surface area (Å²) in [5, 5.41) is 9.27. The molecule has 0 spiro atoms. The van der Waals surface area contributed by atoms with Crippen molar-refractivity contribution in [3.8, 4) is 0 Å². The van der Waals surface area contributed by atoms with E-state index in [9.17, 15) is 0 Å². The molecule has 60 valence electrons. The highest BCUT2D eigenvalue weighted by Crippen LogP contribution is 2.21.